The topological polar surface area (TPSA) is 88.5 Å². The maximum atomic E-state index is 12.4. The monoisotopic (exact) mass is 332 g/mol. The number of amides is 1. The summed E-state index contributed by atoms with van der Waals surface area (Å²) in [5.41, 5.74) is 1.07. The van der Waals surface area contributed by atoms with Crippen molar-refractivity contribution >= 4 is 28.9 Å². The Hall–Kier alpha value is -2.25. The van der Waals surface area contributed by atoms with E-state index in [-0.39, 0.29) is 18.4 Å². The second kappa shape index (κ2) is 6.89. The molecule has 1 aliphatic heterocycles. The standard InChI is InChI=1S/C16H16N2O4S/c19-14(20)8-10-4-1-2-5-11(10)18-15(21)13-9-17-16(23-13)12-6-3-7-22-12/h1-2,4-5,9,12H,3,6-8H2,(H,18,21)(H,19,20). The van der Waals surface area contributed by atoms with Crippen LogP contribution in [0.25, 0.3) is 0 Å². The van der Waals surface area contributed by atoms with Crippen LogP contribution >= 0.6 is 11.3 Å². The number of carboxylic acids is 1. The molecule has 0 saturated carbocycles. The highest BCUT2D eigenvalue weighted by molar-refractivity contribution is 7.13. The number of benzene rings is 1. The zero-order valence-electron chi connectivity index (χ0n) is 12.3. The minimum atomic E-state index is -0.940. The van der Waals surface area contributed by atoms with Gasteiger partial charge < -0.3 is 15.2 Å². The number of thiazole rings is 1. The summed E-state index contributed by atoms with van der Waals surface area (Å²) in [6, 6.07) is 6.88. The van der Waals surface area contributed by atoms with Gasteiger partial charge >= 0.3 is 5.97 Å². The van der Waals surface area contributed by atoms with E-state index in [1.807, 2.05) is 0 Å². The number of para-hydroxylation sites is 1. The summed E-state index contributed by atoms with van der Waals surface area (Å²) in [5, 5.41) is 12.5. The Labute approximate surface area is 137 Å². The average molecular weight is 332 g/mol. The SMILES string of the molecule is O=C(O)Cc1ccccc1NC(=O)c1cnc(C2CCCO2)s1. The lowest BCUT2D eigenvalue weighted by Crippen LogP contribution is -2.13. The van der Waals surface area contributed by atoms with E-state index >= 15 is 0 Å². The zero-order chi connectivity index (χ0) is 16.2. The predicted molar refractivity (Wildman–Crippen MR) is 85.8 cm³/mol. The number of carboxylic acid groups (broad SMARTS) is 1. The second-order valence-corrected chi connectivity index (χ2v) is 6.31. The number of nitrogens with zero attached hydrogens (tertiary/aromatic N) is 1. The number of anilines is 1. The first-order valence-corrected chi connectivity index (χ1v) is 8.13. The van der Waals surface area contributed by atoms with Crippen molar-refractivity contribution in [2.24, 2.45) is 0 Å². The molecule has 3 rings (SSSR count). The van der Waals surface area contributed by atoms with Gasteiger partial charge in [-0.05, 0) is 24.5 Å². The lowest BCUT2D eigenvalue weighted by molar-refractivity contribution is -0.136. The van der Waals surface area contributed by atoms with Crippen molar-refractivity contribution < 1.29 is 19.4 Å². The summed E-state index contributed by atoms with van der Waals surface area (Å²) in [7, 11) is 0. The Bertz CT molecular complexity index is 722. The number of hydrogen-bond donors (Lipinski definition) is 2. The van der Waals surface area contributed by atoms with E-state index in [0.29, 0.717) is 16.1 Å². The molecule has 1 unspecified atom stereocenters. The van der Waals surface area contributed by atoms with Crippen LogP contribution in [0.3, 0.4) is 0 Å². The van der Waals surface area contributed by atoms with E-state index in [2.05, 4.69) is 10.3 Å². The van der Waals surface area contributed by atoms with E-state index in [1.165, 1.54) is 17.5 Å². The minimum absolute atomic E-state index is 0.0131. The summed E-state index contributed by atoms with van der Waals surface area (Å²) in [4.78, 5) is 28.0. The molecule has 6 nitrogen and oxygen atoms in total. The van der Waals surface area contributed by atoms with Crippen molar-refractivity contribution in [1.29, 1.82) is 0 Å². The highest BCUT2D eigenvalue weighted by atomic mass is 32.1. The molecule has 1 aromatic heterocycles. The van der Waals surface area contributed by atoms with Crippen LogP contribution in [0, 0.1) is 0 Å². The highest BCUT2D eigenvalue weighted by Crippen LogP contribution is 2.31. The molecular formula is C16H16N2O4S. The fraction of sp³-hybridized carbons (Fsp3) is 0.312. The molecule has 23 heavy (non-hydrogen) atoms. The Balaban J connectivity index is 1.73. The molecule has 1 atom stereocenters. The summed E-state index contributed by atoms with van der Waals surface area (Å²) in [6.45, 7) is 0.730. The van der Waals surface area contributed by atoms with Crippen LogP contribution in [-0.4, -0.2) is 28.6 Å². The van der Waals surface area contributed by atoms with E-state index in [4.69, 9.17) is 9.84 Å². The van der Waals surface area contributed by atoms with Crippen LogP contribution in [0.5, 0.6) is 0 Å². The van der Waals surface area contributed by atoms with Gasteiger partial charge in [0.25, 0.3) is 5.91 Å². The number of carbonyl (C=O) groups is 2. The van der Waals surface area contributed by atoms with Crippen molar-refractivity contribution in [2.45, 2.75) is 25.4 Å². The maximum Gasteiger partial charge on any atom is 0.307 e. The number of carbonyl (C=O) groups excluding carboxylic acids is 1. The summed E-state index contributed by atoms with van der Waals surface area (Å²) in [6.07, 6.45) is 3.32. The molecule has 0 radical (unpaired) electrons. The van der Waals surface area contributed by atoms with Crippen LogP contribution in [0.4, 0.5) is 5.69 Å². The number of ether oxygens (including phenoxy) is 1. The van der Waals surface area contributed by atoms with Gasteiger partial charge in [0.05, 0.1) is 12.6 Å². The van der Waals surface area contributed by atoms with Gasteiger partial charge in [-0.3, -0.25) is 9.59 Å². The normalized spacial score (nSPS) is 17.1. The Morgan fingerprint density at radius 2 is 2.22 bits per heavy atom. The average Bonchev–Trinajstić information content (AvgIpc) is 3.19. The number of nitrogens with one attached hydrogen (secondary N) is 1. The van der Waals surface area contributed by atoms with Crippen molar-refractivity contribution in [1.82, 2.24) is 4.98 Å². The molecule has 1 aromatic carbocycles. The Morgan fingerprint density at radius 3 is 2.96 bits per heavy atom. The number of rotatable bonds is 5. The van der Waals surface area contributed by atoms with Gasteiger partial charge in [0, 0.05) is 12.3 Å². The molecule has 1 aliphatic rings. The van der Waals surface area contributed by atoms with Gasteiger partial charge in [0.1, 0.15) is 16.0 Å². The van der Waals surface area contributed by atoms with E-state index in [9.17, 15) is 9.59 Å². The van der Waals surface area contributed by atoms with Crippen molar-refractivity contribution in [2.75, 3.05) is 11.9 Å². The molecule has 7 heteroatoms. The smallest absolute Gasteiger partial charge is 0.307 e. The van der Waals surface area contributed by atoms with Crippen LogP contribution in [0.2, 0.25) is 0 Å². The van der Waals surface area contributed by atoms with Gasteiger partial charge in [0.2, 0.25) is 0 Å². The number of aliphatic carboxylic acids is 1. The Morgan fingerprint density at radius 1 is 1.39 bits per heavy atom. The maximum absolute atomic E-state index is 12.4. The summed E-state index contributed by atoms with van der Waals surface area (Å²) >= 11 is 1.31. The first kappa shape index (κ1) is 15.6. The van der Waals surface area contributed by atoms with Crippen molar-refractivity contribution in [3.05, 3.63) is 45.9 Å². The first-order chi connectivity index (χ1) is 11.1. The van der Waals surface area contributed by atoms with E-state index < -0.39 is 5.97 Å². The molecule has 2 aromatic rings. The van der Waals surface area contributed by atoms with Crippen molar-refractivity contribution in [3.8, 4) is 0 Å². The third-order valence-corrected chi connectivity index (χ3v) is 4.65. The molecule has 0 aliphatic carbocycles. The molecule has 1 fully saturated rings. The van der Waals surface area contributed by atoms with Crippen LogP contribution < -0.4 is 5.32 Å². The zero-order valence-corrected chi connectivity index (χ0v) is 13.1. The molecule has 2 N–H and O–H groups in total. The van der Waals surface area contributed by atoms with Crippen LogP contribution in [0.15, 0.2) is 30.5 Å². The predicted octanol–water partition coefficient (Wildman–Crippen LogP) is 2.87. The third kappa shape index (κ3) is 3.75. The number of aromatic nitrogens is 1. The van der Waals surface area contributed by atoms with Gasteiger partial charge in [-0.1, -0.05) is 18.2 Å². The highest BCUT2D eigenvalue weighted by Gasteiger charge is 2.22. The summed E-state index contributed by atoms with van der Waals surface area (Å²) in [5.74, 6) is -1.23. The minimum Gasteiger partial charge on any atom is -0.481 e. The molecule has 0 spiro atoms. The largest absolute Gasteiger partial charge is 0.481 e. The lowest BCUT2D eigenvalue weighted by atomic mass is 10.1. The van der Waals surface area contributed by atoms with Crippen LogP contribution in [-0.2, 0) is 16.0 Å². The van der Waals surface area contributed by atoms with E-state index in [1.54, 1.807) is 24.3 Å². The fourth-order valence-corrected chi connectivity index (χ4v) is 3.35. The number of hydrogen-bond acceptors (Lipinski definition) is 5. The molecule has 0 bridgehead atoms. The lowest BCUT2D eigenvalue weighted by Gasteiger charge is -2.08. The summed E-state index contributed by atoms with van der Waals surface area (Å²) < 4.78 is 5.56. The third-order valence-electron chi connectivity index (χ3n) is 3.56. The van der Waals surface area contributed by atoms with Crippen LogP contribution in [0.1, 0.15) is 39.2 Å². The molecule has 2 heterocycles. The van der Waals surface area contributed by atoms with Gasteiger partial charge in [-0.2, -0.15) is 0 Å². The van der Waals surface area contributed by atoms with Gasteiger partial charge in [-0.15, -0.1) is 11.3 Å². The van der Waals surface area contributed by atoms with Crippen molar-refractivity contribution in [3.63, 3.8) is 0 Å². The molecule has 120 valence electrons. The first-order valence-electron chi connectivity index (χ1n) is 7.32. The van der Waals surface area contributed by atoms with Gasteiger partial charge in [0.15, 0.2) is 0 Å². The van der Waals surface area contributed by atoms with E-state index in [0.717, 1.165) is 24.5 Å². The second-order valence-electron chi connectivity index (χ2n) is 5.25. The Kier molecular flexibility index (Phi) is 4.68. The van der Waals surface area contributed by atoms with Gasteiger partial charge in [-0.25, -0.2) is 4.98 Å². The molecule has 1 saturated heterocycles. The fourth-order valence-electron chi connectivity index (χ4n) is 2.46. The quantitative estimate of drug-likeness (QED) is 0.879. The molecule has 1 amide bonds. The molecular weight excluding hydrogens is 316 g/mol.